The van der Waals surface area contributed by atoms with Crippen molar-refractivity contribution >= 4 is 11.8 Å². The summed E-state index contributed by atoms with van der Waals surface area (Å²) in [6, 6.07) is 0. The topological polar surface area (TPSA) is 104 Å². The van der Waals surface area contributed by atoms with E-state index in [4.69, 9.17) is 4.74 Å². The summed E-state index contributed by atoms with van der Waals surface area (Å²) in [4.78, 5) is 27.6. The van der Waals surface area contributed by atoms with E-state index in [1.807, 2.05) is 0 Å². The fraction of sp³-hybridized carbons (Fsp3) is 0.838. The Bertz CT molecular complexity index is 1040. The van der Waals surface area contributed by atoms with E-state index in [0.29, 0.717) is 17.9 Å². The second kappa shape index (κ2) is 14.3. The van der Waals surface area contributed by atoms with Crippen molar-refractivity contribution in [3.05, 3.63) is 23.3 Å². The Morgan fingerprint density at radius 2 is 1.53 bits per heavy atom. The Kier molecular flexibility index (Phi) is 11.4. The summed E-state index contributed by atoms with van der Waals surface area (Å²) >= 11 is 0. The van der Waals surface area contributed by atoms with Crippen LogP contribution in [0, 0.1) is 34.5 Å². The Balaban J connectivity index is 1.33. The van der Waals surface area contributed by atoms with Crippen molar-refractivity contribution < 1.29 is 29.6 Å². The summed E-state index contributed by atoms with van der Waals surface area (Å²) in [6.07, 6.45) is 18.3. The Morgan fingerprint density at radius 3 is 2.09 bits per heavy atom. The van der Waals surface area contributed by atoms with Crippen LogP contribution in [0.15, 0.2) is 23.3 Å². The molecule has 6 nitrogen and oxygen atoms in total. The van der Waals surface area contributed by atoms with Gasteiger partial charge in [0, 0.05) is 12.3 Å². The molecule has 6 heteroatoms. The fourth-order valence-corrected chi connectivity index (χ4v) is 9.20. The lowest BCUT2D eigenvalue weighted by atomic mass is 9.60. The molecule has 1 spiro atoms. The van der Waals surface area contributed by atoms with E-state index >= 15 is 0 Å². The third kappa shape index (κ3) is 6.72. The van der Waals surface area contributed by atoms with Crippen LogP contribution < -0.4 is 0 Å². The minimum absolute atomic E-state index is 0.0261. The van der Waals surface area contributed by atoms with E-state index in [1.54, 1.807) is 19.1 Å². The molecule has 8 atom stereocenters. The number of carbonyl (C=O) groups is 2. The normalized spacial score (nSPS) is 36.0. The molecule has 0 aromatic carbocycles. The van der Waals surface area contributed by atoms with Crippen LogP contribution in [-0.2, 0) is 14.3 Å². The third-order valence-corrected chi connectivity index (χ3v) is 11.7. The van der Waals surface area contributed by atoms with E-state index in [-0.39, 0.29) is 35.0 Å². The highest BCUT2D eigenvalue weighted by Crippen LogP contribution is 2.69. The van der Waals surface area contributed by atoms with Crippen LogP contribution in [0.5, 0.6) is 0 Å². The van der Waals surface area contributed by atoms with Gasteiger partial charge in [-0.15, -0.1) is 0 Å². The monoisotopic (exact) mass is 600 g/mol. The smallest absolute Gasteiger partial charge is 0.306 e. The van der Waals surface area contributed by atoms with Crippen LogP contribution in [0.1, 0.15) is 137 Å². The van der Waals surface area contributed by atoms with Gasteiger partial charge >= 0.3 is 5.97 Å². The van der Waals surface area contributed by atoms with Crippen molar-refractivity contribution in [1.82, 2.24) is 0 Å². The molecule has 43 heavy (non-hydrogen) atoms. The molecule has 0 aromatic heterocycles. The zero-order valence-corrected chi connectivity index (χ0v) is 27.7. The number of aliphatic hydroxyl groups is 3. The second-order valence-corrected chi connectivity index (χ2v) is 15.2. The van der Waals surface area contributed by atoms with Crippen LogP contribution in [0.25, 0.3) is 0 Å². The number of rotatable bonds is 16. The molecule has 2 saturated carbocycles. The number of allylic oxidation sites excluding steroid dienone is 1. The Morgan fingerprint density at radius 1 is 0.977 bits per heavy atom. The first-order valence-electron chi connectivity index (χ1n) is 17.6. The first-order chi connectivity index (χ1) is 20.5. The van der Waals surface area contributed by atoms with E-state index in [1.165, 1.54) is 64.2 Å². The van der Waals surface area contributed by atoms with Gasteiger partial charge in [-0.25, -0.2) is 0 Å². The number of hydrogen-bond donors (Lipinski definition) is 3. The van der Waals surface area contributed by atoms with Gasteiger partial charge in [0.2, 0.25) is 0 Å². The van der Waals surface area contributed by atoms with Gasteiger partial charge < -0.3 is 20.1 Å². The summed E-state index contributed by atoms with van der Waals surface area (Å²) < 4.78 is 5.96. The quantitative estimate of drug-likeness (QED) is 0.0980. The van der Waals surface area contributed by atoms with E-state index in [2.05, 4.69) is 27.7 Å². The van der Waals surface area contributed by atoms with Crippen molar-refractivity contribution in [2.75, 3.05) is 6.61 Å². The predicted molar refractivity (Wildman–Crippen MR) is 170 cm³/mol. The van der Waals surface area contributed by atoms with Crippen LogP contribution in [0.2, 0.25) is 0 Å². The van der Waals surface area contributed by atoms with E-state index < -0.39 is 41.7 Å². The number of Topliss-reactive ketones (excluding diaryl/α,β-unsaturated/α-hetero) is 1. The Labute approximate surface area is 260 Å². The molecule has 0 saturated heterocycles. The van der Waals surface area contributed by atoms with Gasteiger partial charge in [0.15, 0.2) is 17.5 Å². The molecule has 2 bridgehead atoms. The Hall–Kier alpha value is -1.50. The lowest BCUT2D eigenvalue weighted by molar-refractivity contribution is -0.199. The first-order valence-corrected chi connectivity index (χ1v) is 17.6. The average molecular weight is 601 g/mol. The highest BCUT2D eigenvalue weighted by Gasteiger charge is 2.73. The number of fused-ring (bicyclic) bond motifs is 3. The van der Waals surface area contributed by atoms with Crippen molar-refractivity contribution in [3.63, 3.8) is 0 Å². The standard InChI is InChI=1S/C37H60O6/c1-6-7-8-9-10-11-12-13-14-15-16-17-18-19-30(39)43-34-26(3)23-36-22-25(2)20-29-31(35(29,4)5)28(33(36)41)21-27(24-38)32(40)37(34,36)42/h21,23,25,28-29,31-32,34,38,40,42H,6-20,22,24H2,1-5H3/t25-,28+,29-,31+,32-,34+,36-,37+/m1/s1. The van der Waals surface area contributed by atoms with Crippen molar-refractivity contribution in [2.24, 2.45) is 34.5 Å². The summed E-state index contributed by atoms with van der Waals surface area (Å²) in [6.45, 7) is 10.1. The number of ketones is 1. The number of hydrogen-bond acceptors (Lipinski definition) is 6. The molecule has 0 radical (unpaired) electrons. The van der Waals surface area contributed by atoms with Crippen LogP contribution in [-0.4, -0.2) is 51.5 Å². The second-order valence-electron chi connectivity index (χ2n) is 15.2. The summed E-state index contributed by atoms with van der Waals surface area (Å²) in [5, 5.41) is 34.5. The average Bonchev–Trinajstić information content (AvgIpc) is 3.42. The van der Waals surface area contributed by atoms with Crippen molar-refractivity contribution in [2.45, 2.75) is 155 Å². The maximum atomic E-state index is 14.5. The molecular formula is C37H60O6. The minimum Gasteiger partial charge on any atom is -0.455 e. The van der Waals surface area contributed by atoms with Crippen molar-refractivity contribution in [1.29, 1.82) is 0 Å². The molecule has 2 fully saturated rings. The van der Waals surface area contributed by atoms with E-state index in [9.17, 15) is 24.9 Å². The van der Waals surface area contributed by atoms with Crippen LogP contribution >= 0.6 is 0 Å². The van der Waals surface area contributed by atoms with Gasteiger partial charge in [-0.05, 0) is 60.5 Å². The molecule has 4 rings (SSSR count). The van der Waals surface area contributed by atoms with Crippen LogP contribution in [0.3, 0.4) is 0 Å². The molecule has 3 N–H and O–H groups in total. The van der Waals surface area contributed by atoms with Gasteiger partial charge in [-0.1, -0.05) is 117 Å². The molecule has 244 valence electrons. The number of ether oxygens (including phenoxy) is 1. The fourth-order valence-electron chi connectivity index (χ4n) is 9.20. The molecular weight excluding hydrogens is 540 g/mol. The lowest BCUT2D eigenvalue weighted by Crippen LogP contribution is -2.64. The molecule has 0 heterocycles. The zero-order valence-electron chi connectivity index (χ0n) is 27.7. The molecule has 4 aliphatic rings. The SMILES string of the molecule is CCCCCCCCCCCCCCCC(=O)O[C@H]1C(C)=C[C@@]23C[C@H](C)C[C@@H]4[C@H]([C@H](C=C(CO)[C@@H](O)[C@]12O)C3=O)C4(C)C. The van der Waals surface area contributed by atoms with E-state index in [0.717, 1.165) is 25.7 Å². The largest absolute Gasteiger partial charge is 0.455 e. The first kappa shape index (κ1) is 34.4. The minimum atomic E-state index is -2.05. The highest BCUT2D eigenvalue weighted by atomic mass is 16.6. The summed E-state index contributed by atoms with van der Waals surface area (Å²) in [5.41, 5.74) is -2.60. The zero-order chi connectivity index (χ0) is 31.4. The number of aliphatic hydroxyl groups excluding tert-OH is 2. The third-order valence-electron chi connectivity index (χ3n) is 11.7. The molecule has 0 amide bonds. The molecule has 4 aliphatic carbocycles. The number of unbranched alkanes of at least 4 members (excludes halogenated alkanes) is 12. The van der Waals surface area contributed by atoms with Gasteiger partial charge in [0.1, 0.15) is 6.10 Å². The summed E-state index contributed by atoms with van der Waals surface area (Å²) in [5.74, 6) is -0.404. The molecule has 0 aliphatic heterocycles. The molecule has 0 unspecified atom stereocenters. The summed E-state index contributed by atoms with van der Waals surface area (Å²) in [7, 11) is 0. The van der Waals surface area contributed by atoms with Gasteiger partial charge in [-0.2, -0.15) is 0 Å². The lowest BCUT2D eigenvalue weighted by Gasteiger charge is -2.47. The molecule has 0 aromatic rings. The van der Waals surface area contributed by atoms with Gasteiger partial charge in [0.05, 0.1) is 12.0 Å². The maximum Gasteiger partial charge on any atom is 0.306 e. The van der Waals surface area contributed by atoms with Crippen molar-refractivity contribution in [3.8, 4) is 0 Å². The highest BCUT2D eigenvalue weighted by molar-refractivity contribution is 5.95. The number of esters is 1. The maximum absolute atomic E-state index is 14.5. The predicted octanol–water partition coefficient (Wildman–Crippen LogP) is 7.24. The number of carbonyl (C=O) groups excluding carboxylic acids is 2. The van der Waals surface area contributed by atoms with Gasteiger partial charge in [0.25, 0.3) is 0 Å². The van der Waals surface area contributed by atoms with Gasteiger partial charge in [-0.3, -0.25) is 9.59 Å². The van der Waals surface area contributed by atoms with Crippen LogP contribution in [0.4, 0.5) is 0 Å².